The summed E-state index contributed by atoms with van der Waals surface area (Å²) in [6.45, 7) is 0. The highest BCUT2D eigenvalue weighted by Gasteiger charge is 2.10. The average molecular weight is 386 g/mol. The van der Waals surface area contributed by atoms with Crippen molar-refractivity contribution in [1.29, 1.82) is 5.26 Å². The van der Waals surface area contributed by atoms with E-state index in [1.165, 1.54) is 6.20 Å². The molecule has 0 fully saturated rings. The van der Waals surface area contributed by atoms with Crippen LogP contribution in [-0.4, -0.2) is 25.2 Å². The average Bonchev–Trinajstić information content (AvgIpc) is 2.78. The normalized spacial score (nSPS) is 10.7. The molecule has 6 nitrogen and oxygen atoms in total. The molecule has 3 rings (SSSR count). The number of rotatable bonds is 6. The summed E-state index contributed by atoms with van der Waals surface area (Å²) in [5.41, 5.74) is 2.33. The lowest BCUT2D eigenvalue weighted by Crippen LogP contribution is -2.08. The van der Waals surface area contributed by atoms with Crippen LogP contribution in [0.3, 0.4) is 0 Å². The highest BCUT2D eigenvalue weighted by molar-refractivity contribution is 5.91. The number of nitriles is 1. The predicted molar refractivity (Wildman–Crippen MR) is 109 cm³/mol. The molecule has 0 N–H and O–H groups in total. The number of allylic oxidation sites excluding steroid dienone is 1. The number of hydrogen-bond acceptors (Lipinski definition) is 6. The molecular weight excluding hydrogens is 368 g/mol. The lowest BCUT2D eigenvalue weighted by Gasteiger charge is -2.09. The molecule has 0 spiro atoms. The van der Waals surface area contributed by atoms with E-state index in [1.807, 2.05) is 0 Å². The van der Waals surface area contributed by atoms with Gasteiger partial charge in [0.25, 0.3) is 0 Å². The molecule has 0 saturated heterocycles. The van der Waals surface area contributed by atoms with Crippen molar-refractivity contribution in [1.82, 2.24) is 4.98 Å². The van der Waals surface area contributed by atoms with Gasteiger partial charge in [-0.3, -0.25) is 4.98 Å². The van der Waals surface area contributed by atoms with E-state index in [0.29, 0.717) is 33.9 Å². The minimum atomic E-state index is -0.482. The molecule has 6 heteroatoms. The van der Waals surface area contributed by atoms with Gasteiger partial charge in [-0.05, 0) is 59.7 Å². The van der Waals surface area contributed by atoms with Crippen molar-refractivity contribution in [3.63, 3.8) is 0 Å². The molecule has 2 aromatic carbocycles. The molecule has 0 radical (unpaired) electrons. The standard InChI is InChI=1S/C23H18N2O4/c1-27-21-10-7-17(13-22(21)28-2)19(14-24)12-16-5-8-20(9-6-16)29-23(26)18-4-3-11-25-15-18/h3-13,15H,1-2H3/b19-12-. The maximum atomic E-state index is 12.1. The highest BCUT2D eigenvalue weighted by atomic mass is 16.5. The smallest absolute Gasteiger partial charge is 0.345 e. The van der Waals surface area contributed by atoms with E-state index in [9.17, 15) is 10.1 Å². The van der Waals surface area contributed by atoms with E-state index in [-0.39, 0.29) is 0 Å². The topological polar surface area (TPSA) is 81.4 Å². The predicted octanol–water partition coefficient (Wildman–Crippen LogP) is 4.38. The Bertz CT molecular complexity index is 1070. The fraction of sp³-hybridized carbons (Fsp3) is 0.0870. The molecule has 0 bridgehead atoms. The van der Waals surface area contributed by atoms with Gasteiger partial charge in [-0.2, -0.15) is 5.26 Å². The number of aromatic nitrogens is 1. The molecule has 0 unspecified atom stereocenters. The molecule has 0 amide bonds. The van der Waals surface area contributed by atoms with Crippen molar-refractivity contribution >= 4 is 17.6 Å². The molecule has 144 valence electrons. The summed E-state index contributed by atoms with van der Waals surface area (Å²) in [6, 6.07) is 17.7. The Morgan fingerprint density at radius 3 is 2.38 bits per heavy atom. The van der Waals surface area contributed by atoms with Crippen LogP contribution in [0.1, 0.15) is 21.5 Å². The summed E-state index contributed by atoms with van der Waals surface area (Å²) >= 11 is 0. The first-order chi connectivity index (χ1) is 14.1. The number of methoxy groups -OCH3 is 2. The zero-order valence-electron chi connectivity index (χ0n) is 16.0. The van der Waals surface area contributed by atoms with Gasteiger partial charge in [-0.15, -0.1) is 0 Å². The fourth-order valence-electron chi connectivity index (χ4n) is 2.63. The van der Waals surface area contributed by atoms with Crippen molar-refractivity contribution in [2.24, 2.45) is 0 Å². The summed E-state index contributed by atoms with van der Waals surface area (Å²) < 4.78 is 15.9. The zero-order chi connectivity index (χ0) is 20.6. The Morgan fingerprint density at radius 1 is 1.00 bits per heavy atom. The molecule has 3 aromatic rings. The van der Waals surface area contributed by atoms with Crippen molar-refractivity contribution in [2.45, 2.75) is 0 Å². The van der Waals surface area contributed by atoms with Gasteiger partial charge in [0, 0.05) is 12.4 Å². The molecule has 0 saturated carbocycles. The lowest BCUT2D eigenvalue weighted by molar-refractivity contribution is 0.0734. The van der Waals surface area contributed by atoms with Crippen LogP contribution in [0.2, 0.25) is 0 Å². The summed E-state index contributed by atoms with van der Waals surface area (Å²) in [6.07, 6.45) is 4.78. The number of ether oxygens (including phenoxy) is 3. The highest BCUT2D eigenvalue weighted by Crippen LogP contribution is 2.31. The van der Waals surface area contributed by atoms with Crippen LogP contribution in [0.4, 0.5) is 0 Å². The second kappa shape index (κ2) is 9.20. The molecule has 1 aromatic heterocycles. The van der Waals surface area contributed by atoms with Gasteiger partial charge in [0.1, 0.15) is 5.75 Å². The van der Waals surface area contributed by atoms with Crippen LogP contribution < -0.4 is 14.2 Å². The number of nitrogens with zero attached hydrogens (tertiary/aromatic N) is 2. The van der Waals surface area contributed by atoms with Crippen LogP contribution >= 0.6 is 0 Å². The van der Waals surface area contributed by atoms with Gasteiger partial charge in [0.05, 0.1) is 31.4 Å². The Balaban J connectivity index is 1.79. The van der Waals surface area contributed by atoms with E-state index in [2.05, 4.69) is 11.1 Å². The maximum absolute atomic E-state index is 12.1. The first kappa shape index (κ1) is 19.6. The van der Waals surface area contributed by atoms with E-state index >= 15 is 0 Å². The van der Waals surface area contributed by atoms with E-state index in [1.54, 1.807) is 81.1 Å². The van der Waals surface area contributed by atoms with E-state index in [4.69, 9.17) is 14.2 Å². The second-order valence-electron chi connectivity index (χ2n) is 5.94. The molecule has 0 atom stereocenters. The number of pyridine rings is 1. The third-order valence-electron chi connectivity index (χ3n) is 4.11. The quantitative estimate of drug-likeness (QED) is 0.271. The number of esters is 1. The number of benzene rings is 2. The molecule has 29 heavy (non-hydrogen) atoms. The summed E-state index contributed by atoms with van der Waals surface area (Å²) in [5.74, 6) is 1.06. The minimum absolute atomic E-state index is 0.372. The van der Waals surface area contributed by atoms with Crippen LogP contribution in [0.5, 0.6) is 17.2 Å². The summed E-state index contributed by atoms with van der Waals surface area (Å²) in [4.78, 5) is 16.0. The van der Waals surface area contributed by atoms with Gasteiger partial charge >= 0.3 is 5.97 Å². The van der Waals surface area contributed by atoms with Gasteiger partial charge in [-0.25, -0.2) is 4.79 Å². The number of carbonyl (C=O) groups is 1. The largest absolute Gasteiger partial charge is 0.493 e. The molecule has 0 aliphatic rings. The van der Waals surface area contributed by atoms with Crippen LogP contribution in [-0.2, 0) is 0 Å². The maximum Gasteiger partial charge on any atom is 0.345 e. The third-order valence-corrected chi connectivity index (χ3v) is 4.11. The van der Waals surface area contributed by atoms with Crippen molar-refractivity contribution in [2.75, 3.05) is 14.2 Å². The Labute approximate surface area is 168 Å². The van der Waals surface area contributed by atoms with Gasteiger partial charge in [0.15, 0.2) is 11.5 Å². The SMILES string of the molecule is COc1ccc(/C(C#N)=C\c2ccc(OC(=O)c3cccnc3)cc2)cc1OC. The zero-order valence-corrected chi connectivity index (χ0v) is 16.0. The van der Waals surface area contributed by atoms with Gasteiger partial charge in [0.2, 0.25) is 0 Å². The monoisotopic (exact) mass is 386 g/mol. The van der Waals surface area contributed by atoms with Crippen molar-refractivity contribution < 1.29 is 19.0 Å². The Hall–Kier alpha value is -4.11. The lowest BCUT2D eigenvalue weighted by atomic mass is 10.0. The van der Waals surface area contributed by atoms with Crippen molar-refractivity contribution in [3.8, 4) is 23.3 Å². The Kier molecular flexibility index (Phi) is 6.23. The summed E-state index contributed by atoms with van der Waals surface area (Å²) in [5, 5.41) is 9.56. The summed E-state index contributed by atoms with van der Waals surface area (Å²) in [7, 11) is 3.10. The van der Waals surface area contributed by atoms with Crippen LogP contribution in [0, 0.1) is 11.3 Å². The number of carbonyl (C=O) groups excluding carboxylic acids is 1. The Morgan fingerprint density at radius 2 is 1.76 bits per heavy atom. The molecular formula is C23H18N2O4. The second-order valence-corrected chi connectivity index (χ2v) is 5.94. The van der Waals surface area contributed by atoms with Crippen LogP contribution in [0.25, 0.3) is 11.6 Å². The fourth-order valence-corrected chi connectivity index (χ4v) is 2.63. The molecule has 0 aliphatic carbocycles. The number of hydrogen-bond donors (Lipinski definition) is 0. The van der Waals surface area contributed by atoms with E-state index < -0.39 is 5.97 Å². The first-order valence-electron chi connectivity index (χ1n) is 8.71. The first-order valence-corrected chi connectivity index (χ1v) is 8.71. The van der Waals surface area contributed by atoms with Gasteiger partial charge < -0.3 is 14.2 Å². The van der Waals surface area contributed by atoms with Gasteiger partial charge in [-0.1, -0.05) is 12.1 Å². The third kappa shape index (κ3) is 4.79. The molecule has 1 heterocycles. The van der Waals surface area contributed by atoms with E-state index in [0.717, 1.165) is 5.56 Å². The van der Waals surface area contributed by atoms with Crippen LogP contribution in [0.15, 0.2) is 67.0 Å². The van der Waals surface area contributed by atoms with Crippen molar-refractivity contribution in [3.05, 3.63) is 83.7 Å². The minimum Gasteiger partial charge on any atom is -0.493 e. The molecule has 0 aliphatic heterocycles.